The van der Waals surface area contributed by atoms with E-state index in [0.29, 0.717) is 12.1 Å². The fourth-order valence-electron chi connectivity index (χ4n) is 1.73. The Morgan fingerprint density at radius 1 is 1.48 bits per heavy atom. The largest absolute Gasteiger partial charge is 0.394 e. The first-order valence-electron chi connectivity index (χ1n) is 6.88. The topological polar surface area (TPSA) is 85.2 Å². The zero-order valence-corrected chi connectivity index (χ0v) is 12.6. The fourth-order valence-corrected chi connectivity index (χ4v) is 1.73. The maximum Gasteiger partial charge on any atom is 0.267 e. The molecule has 1 unspecified atom stereocenters. The molecule has 0 fully saturated rings. The van der Waals surface area contributed by atoms with Crippen molar-refractivity contribution in [2.24, 2.45) is 0 Å². The Balaban J connectivity index is 2.83. The molecule has 0 saturated carbocycles. The second-order valence-corrected chi connectivity index (χ2v) is 4.83. The molecule has 21 heavy (non-hydrogen) atoms. The van der Waals surface area contributed by atoms with Crippen LogP contribution in [0.15, 0.2) is 30.0 Å². The van der Waals surface area contributed by atoms with Crippen molar-refractivity contribution in [3.8, 4) is 6.07 Å². The summed E-state index contributed by atoms with van der Waals surface area (Å²) < 4.78 is 0. The summed E-state index contributed by atoms with van der Waals surface area (Å²) in [6.45, 7) is 5.73. The summed E-state index contributed by atoms with van der Waals surface area (Å²) in [5.41, 5.74) is 2.70. The number of nitrogens with zero attached hydrogens (tertiary/aromatic N) is 1. The van der Waals surface area contributed by atoms with Crippen LogP contribution in [0.5, 0.6) is 0 Å². The van der Waals surface area contributed by atoms with Gasteiger partial charge in [0.1, 0.15) is 11.6 Å². The summed E-state index contributed by atoms with van der Waals surface area (Å²) in [6, 6.07) is 7.31. The normalized spacial score (nSPS) is 12.4. The summed E-state index contributed by atoms with van der Waals surface area (Å²) in [5, 5.41) is 23.7. The average molecular weight is 287 g/mol. The molecule has 112 valence electrons. The van der Waals surface area contributed by atoms with Gasteiger partial charge in [0.15, 0.2) is 0 Å². The van der Waals surface area contributed by atoms with Gasteiger partial charge in [0.05, 0.1) is 6.61 Å². The van der Waals surface area contributed by atoms with E-state index in [0.717, 1.165) is 11.1 Å². The van der Waals surface area contributed by atoms with Crippen molar-refractivity contribution in [3.05, 3.63) is 41.1 Å². The molecular formula is C16H21N3O2. The SMILES string of the molecule is CCC(CO)N/C=C(/C#N)C(=O)Nc1cccc(C)c1C. The third-order valence-corrected chi connectivity index (χ3v) is 3.39. The predicted molar refractivity (Wildman–Crippen MR) is 82.5 cm³/mol. The smallest absolute Gasteiger partial charge is 0.267 e. The van der Waals surface area contributed by atoms with Crippen LogP contribution in [-0.2, 0) is 4.79 Å². The summed E-state index contributed by atoms with van der Waals surface area (Å²) in [5.74, 6) is -0.466. The first-order valence-corrected chi connectivity index (χ1v) is 6.88. The molecule has 0 aliphatic heterocycles. The van der Waals surface area contributed by atoms with Crippen LogP contribution >= 0.6 is 0 Å². The van der Waals surface area contributed by atoms with Crippen LogP contribution in [0.4, 0.5) is 5.69 Å². The number of aliphatic hydroxyl groups is 1. The number of aryl methyl sites for hydroxylation is 1. The highest BCUT2D eigenvalue weighted by molar-refractivity contribution is 6.06. The number of nitriles is 1. The van der Waals surface area contributed by atoms with Crippen molar-refractivity contribution in [3.63, 3.8) is 0 Å². The monoisotopic (exact) mass is 287 g/mol. The average Bonchev–Trinajstić information content (AvgIpc) is 2.48. The Bertz CT molecular complexity index is 569. The van der Waals surface area contributed by atoms with Crippen molar-refractivity contribution in [2.45, 2.75) is 33.2 Å². The number of benzene rings is 1. The van der Waals surface area contributed by atoms with Crippen LogP contribution in [0.1, 0.15) is 24.5 Å². The summed E-state index contributed by atoms with van der Waals surface area (Å²) >= 11 is 0. The molecule has 1 atom stereocenters. The van der Waals surface area contributed by atoms with E-state index in [4.69, 9.17) is 10.4 Å². The Morgan fingerprint density at radius 3 is 2.76 bits per heavy atom. The second kappa shape index (κ2) is 8.08. The standard InChI is InChI=1S/C16H21N3O2/c1-4-14(10-20)18-9-13(8-17)16(21)19-15-7-5-6-11(2)12(15)3/h5-7,9,14,18,20H,4,10H2,1-3H3,(H,19,21)/b13-9-. The van der Waals surface area contributed by atoms with Crippen LogP contribution in [0, 0.1) is 25.2 Å². The highest BCUT2D eigenvalue weighted by atomic mass is 16.3. The maximum atomic E-state index is 12.1. The highest BCUT2D eigenvalue weighted by Gasteiger charge is 2.12. The van der Waals surface area contributed by atoms with E-state index >= 15 is 0 Å². The molecule has 0 bridgehead atoms. The van der Waals surface area contributed by atoms with E-state index in [1.165, 1.54) is 6.20 Å². The number of nitrogens with one attached hydrogen (secondary N) is 2. The number of hydrogen-bond acceptors (Lipinski definition) is 4. The highest BCUT2D eigenvalue weighted by Crippen LogP contribution is 2.18. The van der Waals surface area contributed by atoms with Gasteiger partial charge in [-0.2, -0.15) is 5.26 Å². The first-order chi connectivity index (χ1) is 10.0. The Labute approximate surface area is 125 Å². The molecule has 1 aromatic carbocycles. The maximum absolute atomic E-state index is 12.1. The van der Waals surface area contributed by atoms with Gasteiger partial charge in [-0.25, -0.2) is 0 Å². The molecule has 0 spiro atoms. The summed E-state index contributed by atoms with van der Waals surface area (Å²) in [7, 11) is 0. The third-order valence-electron chi connectivity index (χ3n) is 3.39. The zero-order chi connectivity index (χ0) is 15.8. The molecule has 1 aromatic rings. The Kier molecular flexibility index (Phi) is 6.44. The second-order valence-electron chi connectivity index (χ2n) is 4.83. The molecule has 0 heterocycles. The van der Waals surface area contributed by atoms with Gasteiger partial charge in [0.25, 0.3) is 5.91 Å². The summed E-state index contributed by atoms with van der Waals surface area (Å²) in [6.07, 6.45) is 2.05. The van der Waals surface area contributed by atoms with Gasteiger partial charge in [-0.1, -0.05) is 19.1 Å². The minimum absolute atomic E-state index is 0.0252. The van der Waals surface area contributed by atoms with E-state index in [-0.39, 0.29) is 18.2 Å². The number of rotatable bonds is 6. The number of aliphatic hydroxyl groups excluding tert-OH is 1. The molecule has 0 radical (unpaired) electrons. The lowest BCUT2D eigenvalue weighted by Gasteiger charge is -2.13. The van der Waals surface area contributed by atoms with Crippen LogP contribution in [-0.4, -0.2) is 23.7 Å². The molecular weight excluding hydrogens is 266 g/mol. The molecule has 0 aliphatic carbocycles. The minimum atomic E-state index is -0.466. The predicted octanol–water partition coefficient (Wildman–Crippen LogP) is 2.01. The lowest BCUT2D eigenvalue weighted by atomic mass is 10.1. The van der Waals surface area contributed by atoms with E-state index in [1.54, 1.807) is 6.07 Å². The van der Waals surface area contributed by atoms with E-state index in [1.807, 2.05) is 39.0 Å². The fraction of sp³-hybridized carbons (Fsp3) is 0.375. The van der Waals surface area contributed by atoms with Gasteiger partial charge in [-0.15, -0.1) is 0 Å². The molecule has 1 rings (SSSR count). The van der Waals surface area contributed by atoms with Gasteiger partial charge in [-0.3, -0.25) is 4.79 Å². The van der Waals surface area contributed by atoms with Crippen LogP contribution in [0.3, 0.4) is 0 Å². The number of carbonyl (C=O) groups is 1. The van der Waals surface area contributed by atoms with E-state index in [9.17, 15) is 4.79 Å². The van der Waals surface area contributed by atoms with Crippen molar-refractivity contribution >= 4 is 11.6 Å². The lowest BCUT2D eigenvalue weighted by molar-refractivity contribution is -0.112. The molecule has 1 amide bonds. The van der Waals surface area contributed by atoms with Crippen molar-refractivity contribution in [1.82, 2.24) is 5.32 Å². The molecule has 5 heteroatoms. The molecule has 3 N–H and O–H groups in total. The van der Waals surface area contributed by atoms with Gasteiger partial charge in [-0.05, 0) is 37.5 Å². The molecule has 0 saturated heterocycles. The third kappa shape index (κ3) is 4.62. The lowest BCUT2D eigenvalue weighted by Crippen LogP contribution is -2.28. The van der Waals surface area contributed by atoms with Crippen LogP contribution < -0.4 is 10.6 Å². The quantitative estimate of drug-likeness (QED) is 0.552. The van der Waals surface area contributed by atoms with Gasteiger partial charge in [0, 0.05) is 17.9 Å². The Hall–Kier alpha value is -2.32. The van der Waals surface area contributed by atoms with Crippen LogP contribution in [0.2, 0.25) is 0 Å². The number of anilines is 1. The number of carbonyl (C=O) groups excluding carboxylic acids is 1. The van der Waals surface area contributed by atoms with E-state index in [2.05, 4.69) is 10.6 Å². The van der Waals surface area contributed by atoms with E-state index < -0.39 is 5.91 Å². The minimum Gasteiger partial charge on any atom is -0.394 e. The van der Waals surface area contributed by atoms with Gasteiger partial charge in [0.2, 0.25) is 0 Å². The molecule has 0 aromatic heterocycles. The summed E-state index contributed by atoms with van der Waals surface area (Å²) in [4.78, 5) is 12.1. The molecule has 5 nitrogen and oxygen atoms in total. The number of hydrogen-bond donors (Lipinski definition) is 3. The van der Waals surface area contributed by atoms with Crippen molar-refractivity contribution in [2.75, 3.05) is 11.9 Å². The Morgan fingerprint density at radius 2 is 2.19 bits per heavy atom. The number of amides is 1. The van der Waals surface area contributed by atoms with Gasteiger partial charge < -0.3 is 15.7 Å². The van der Waals surface area contributed by atoms with Crippen LogP contribution in [0.25, 0.3) is 0 Å². The molecule has 0 aliphatic rings. The van der Waals surface area contributed by atoms with Crippen molar-refractivity contribution in [1.29, 1.82) is 5.26 Å². The first kappa shape index (κ1) is 16.7. The van der Waals surface area contributed by atoms with Crippen molar-refractivity contribution < 1.29 is 9.90 Å². The zero-order valence-electron chi connectivity index (χ0n) is 12.6. The van der Waals surface area contributed by atoms with Gasteiger partial charge >= 0.3 is 0 Å².